The number of nitrogens with two attached hydrogens (primary N) is 1. The molecule has 13 heavy (non-hydrogen) atoms. The number of aromatic nitrogens is 3. The Morgan fingerprint density at radius 1 is 1.38 bits per heavy atom. The first-order chi connectivity index (χ1) is 5.40. The molecule has 3 N–H and O–H groups in total. The summed E-state index contributed by atoms with van der Waals surface area (Å²) in [6.45, 7) is 0.458. The first kappa shape index (κ1) is 12.7. The van der Waals surface area contributed by atoms with Crippen LogP contribution in [0.5, 0.6) is 0 Å². The van der Waals surface area contributed by atoms with Crippen molar-refractivity contribution in [2.24, 2.45) is 5.73 Å². The molecule has 1 saturated carbocycles. The summed E-state index contributed by atoms with van der Waals surface area (Å²) in [5.74, 6) is 2.36. The fraction of sp³-hybridized carbons (Fsp3) is 0.714. The van der Waals surface area contributed by atoms with E-state index in [1.54, 1.807) is 0 Å². The van der Waals surface area contributed by atoms with Crippen molar-refractivity contribution >= 4 is 24.8 Å². The lowest BCUT2D eigenvalue weighted by molar-refractivity contribution is 0.402. The molecule has 0 amide bonds. The van der Waals surface area contributed by atoms with Crippen molar-refractivity contribution in [2.75, 3.05) is 0 Å². The van der Waals surface area contributed by atoms with Crippen LogP contribution in [0.15, 0.2) is 0 Å². The van der Waals surface area contributed by atoms with Crippen LogP contribution in [0, 0.1) is 0 Å². The third kappa shape index (κ3) is 2.56. The Hall–Kier alpha value is -0.320. The quantitative estimate of drug-likeness (QED) is 0.798. The van der Waals surface area contributed by atoms with Crippen LogP contribution in [0.2, 0.25) is 0 Å². The molecule has 1 aliphatic carbocycles. The number of hydrogen-bond acceptors (Lipinski definition) is 3. The number of H-pyrrole nitrogens is 1. The van der Waals surface area contributed by atoms with Gasteiger partial charge in [0.25, 0.3) is 0 Å². The van der Waals surface area contributed by atoms with Crippen molar-refractivity contribution in [1.29, 1.82) is 0 Å². The van der Waals surface area contributed by atoms with Gasteiger partial charge in [-0.2, -0.15) is 5.10 Å². The third-order valence-corrected chi connectivity index (χ3v) is 2.21. The van der Waals surface area contributed by atoms with E-state index in [-0.39, 0.29) is 24.8 Å². The van der Waals surface area contributed by atoms with Gasteiger partial charge in [0.15, 0.2) is 5.82 Å². The molecule has 76 valence electrons. The second-order valence-corrected chi connectivity index (χ2v) is 2.97. The topological polar surface area (TPSA) is 67.6 Å². The molecule has 2 rings (SSSR count). The highest BCUT2D eigenvalue weighted by Gasteiger charge is 2.23. The molecule has 1 heterocycles. The monoisotopic (exact) mass is 224 g/mol. The molecule has 0 aliphatic heterocycles. The van der Waals surface area contributed by atoms with Crippen LogP contribution in [-0.2, 0) is 6.54 Å². The molecule has 0 atom stereocenters. The first-order valence-electron chi connectivity index (χ1n) is 4.01. The molecule has 0 aromatic carbocycles. The molecular weight excluding hydrogens is 211 g/mol. The van der Waals surface area contributed by atoms with E-state index in [9.17, 15) is 0 Å². The average molecular weight is 225 g/mol. The SMILES string of the molecule is Cl.Cl.NCc1nc(C2CCC2)n[nH]1. The zero-order valence-electron chi connectivity index (χ0n) is 7.19. The van der Waals surface area contributed by atoms with Crippen molar-refractivity contribution in [3.05, 3.63) is 11.6 Å². The van der Waals surface area contributed by atoms with Gasteiger partial charge in [0.1, 0.15) is 5.82 Å². The molecule has 1 aliphatic rings. The predicted molar refractivity (Wildman–Crippen MR) is 55.4 cm³/mol. The lowest BCUT2D eigenvalue weighted by Crippen LogP contribution is -2.10. The first-order valence-corrected chi connectivity index (χ1v) is 4.01. The number of rotatable bonds is 2. The summed E-state index contributed by atoms with van der Waals surface area (Å²) in [5.41, 5.74) is 5.39. The number of halogens is 2. The van der Waals surface area contributed by atoms with Crippen molar-refractivity contribution in [1.82, 2.24) is 15.2 Å². The Bertz CT molecular complexity index is 246. The normalized spacial score (nSPS) is 15.5. The molecule has 0 spiro atoms. The average Bonchev–Trinajstić information content (AvgIpc) is 2.32. The number of nitrogens with zero attached hydrogens (tertiary/aromatic N) is 2. The van der Waals surface area contributed by atoms with Gasteiger partial charge in [-0.05, 0) is 12.8 Å². The smallest absolute Gasteiger partial charge is 0.153 e. The summed E-state index contributed by atoms with van der Waals surface area (Å²) < 4.78 is 0. The van der Waals surface area contributed by atoms with Crippen LogP contribution >= 0.6 is 24.8 Å². The fourth-order valence-electron chi connectivity index (χ4n) is 1.25. The summed E-state index contributed by atoms with van der Waals surface area (Å²) in [5, 5.41) is 6.91. The van der Waals surface area contributed by atoms with Gasteiger partial charge >= 0.3 is 0 Å². The van der Waals surface area contributed by atoms with E-state index >= 15 is 0 Å². The van der Waals surface area contributed by atoms with Gasteiger partial charge in [-0.3, -0.25) is 5.10 Å². The molecule has 1 aromatic rings. The van der Waals surface area contributed by atoms with E-state index in [4.69, 9.17) is 5.73 Å². The summed E-state index contributed by atoms with van der Waals surface area (Å²) in [7, 11) is 0. The fourth-order valence-corrected chi connectivity index (χ4v) is 1.25. The highest BCUT2D eigenvalue weighted by Crippen LogP contribution is 2.33. The molecule has 1 aromatic heterocycles. The Balaban J connectivity index is 0.000000720. The number of aromatic amines is 1. The van der Waals surface area contributed by atoms with Gasteiger partial charge in [-0.15, -0.1) is 24.8 Å². The summed E-state index contributed by atoms with van der Waals surface area (Å²) in [6, 6.07) is 0. The molecule has 0 saturated heterocycles. The largest absolute Gasteiger partial charge is 0.324 e. The lowest BCUT2D eigenvalue weighted by atomic mass is 9.85. The van der Waals surface area contributed by atoms with Crippen LogP contribution in [-0.4, -0.2) is 15.2 Å². The van der Waals surface area contributed by atoms with Crippen molar-refractivity contribution < 1.29 is 0 Å². The molecule has 0 radical (unpaired) electrons. The molecule has 0 unspecified atom stereocenters. The molecular formula is C7H14Cl2N4. The van der Waals surface area contributed by atoms with Crippen LogP contribution in [0.4, 0.5) is 0 Å². The van der Waals surface area contributed by atoms with E-state index < -0.39 is 0 Å². The Labute approximate surface area is 89.5 Å². The maximum atomic E-state index is 5.39. The maximum absolute atomic E-state index is 5.39. The van der Waals surface area contributed by atoms with Crippen LogP contribution < -0.4 is 5.73 Å². The van der Waals surface area contributed by atoms with Gasteiger partial charge < -0.3 is 5.73 Å². The van der Waals surface area contributed by atoms with Gasteiger partial charge in [0, 0.05) is 5.92 Å². The van der Waals surface area contributed by atoms with Gasteiger partial charge in [-0.25, -0.2) is 4.98 Å². The predicted octanol–water partition coefficient (Wildman–Crippen LogP) is 1.37. The maximum Gasteiger partial charge on any atom is 0.153 e. The van der Waals surface area contributed by atoms with E-state index in [0.717, 1.165) is 11.6 Å². The van der Waals surface area contributed by atoms with E-state index in [2.05, 4.69) is 15.2 Å². The summed E-state index contributed by atoms with van der Waals surface area (Å²) in [6.07, 6.45) is 3.79. The van der Waals surface area contributed by atoms with Crippen molar-refractivity contribution in [3.63, 3.8) is 0 Å². The van der Waals surface area contributed by atoms with Gasteiger partial charge in [-0.1, -0.05) is 6.42 Å². The van der Waals surface area contributed by atoms with Crippen LogP contribution in [0.3, 0.4) is 0 Å². The third-order valence-electron chi connectivity index (χ3n) is 2.21. The molecule has 0 bridgehead atoms. The Morgan fingerprint density at radius 3 is 2.46 bits per heavy atom. The highest BCUT2D eigenvalue weighted by molar-refractivity contribution is 5.85. The second kappa shape index (κ2) is 5.42. The number of hydrogen-bond donors (Lipinski definition) is 2. The van der Waals surface area contributed by atoms with Crippen molar-refractivity contribution in [3.8, 4) is 0 Å². The zero-order valence-corrected chi connectivity index (χ0v) is 8.83. The minimum absolute atomic E-state index is 0. The van der Waals surface area contributed by atoms with E-state index in [1.807, 2.05) is 0 Å². The second-order valence-electron chi connectivity index (χ2n) is 2.97. The van der Waals surface area contributed by atoms with Crippen LogP contribution in [0.1, 0.15) is 36.8 Å². The van der Waals surface area contributed by atoms with Gasteiger partial charge in [0.2, 0.25) is 0 Å². The van der Waals surface area contributed by atoms with E-state index in [0.29, 0.717) is 12.5 Å². The van der Waals surface area contributed by atoms with Crippen LogP contribution in [0.25, 0.3) is 0 Å². The molecule has 1 fully saturated rings. The standard InChI is InChI=1S/C7H12N4.2ClH/c8-4-6-9-7(11-10-6)5-2-1-3-5;;/h5H,1-4,8H2,(H,9,10,11);2*1H. The minimum atomic E-state index is 0. The number of nitrogens with one attached hydrogen (secondary N) is 1. The summed E-state index contributed by atoms with van der Waals surface area (Å²) in [4.78, 5) is 4.26. The Kier molecular flexibility index (Phi) is 5.29. The van der Waals surface area contributed by atoms with E-state index in [1.165, 1.54) is 19.3 Å². The molecule has 6 heteroatoms. The van der Waals surface area contributed by atoms with Gasteiger partial charge in [0.05, 0.1) is 6.54 Å². The van der Waals surface area contributed by atoms with Crippen molar-refractivity contribution in [2.45, 2.75) is 31.7 Å². The zero-order chi connectivity index (χ0) is 7.68. The summed E-state index contributed by atoms with van der Waals surface area (Å²) >= 11 is 0. The lowest BCUT2D eigenvalue weighted by Gasteiger charge is -2.21. The minimum Gasteiger partial charge on any atom is -0.324 e. The highest BCUT2D eigenvalue weighted by atomic mass is 35.5. The molecule has 4 nitrogen and oxygen atoms in total. The Morgan fingerprint density at radius 2 is 2.08 bits per heavy atom.